The SMILES string of the molecule is CC(=O)Nc1ccc(/C=N/NC(=O)c2cccc([N+](=O)[O-])c2)cc1. The Hall–Kier alpha value is -3.55. The van der Waals surface area contributed by atoms with Crippen LogP contribution in [0.1, 0.15) is 22.8 Å². The summed E-state index contributed by atoms with van der Waals surface area (Å²) < 4.78 is 0. The highest BCUT2D eigenvalue weighted by atomic mass is 16.6. The first-order chi connectivity index (χ1) is 11.5. The van der Waals surface area contributed by atoms with Crippen molar-refractivity contribution < 1.29 is 14.5 Å². The Morgan fingerprint density at radius 3 is 2.50 bits per heavy atom. The van der Waals surface area contributed by atoms with Crippen LogP contribution in [0.4, 0.5) is 11.4 Å². The Balaban J connectivity index is 1.98. The number of carbonyl (C=O) groups is 2. The summed E-state index contributed by atoms with van der Waals surface area (Å²) in [5, 5.41) is 17.1. The molecule has 0 aliphatic carbocycles. The lowest BCUT2D eigenvalue weighted by molar-refractivity contribution is -0.384. The average molecular weight is 326 g/mol. The molecule has 24 heavy (non-hydrogen) atoms. The van der Waals surface area contributed by atoms with E-state index in [2.05, 4.69) is 15.8 Å². The summed E-state index contributed by atoms with van der Waals surface area (Å²) in [6.07, 6.45) is 1.42. The van der Waals surface area contributed by atoms with Crippen LogP contribution in [0.5, 0.6) is 0 Å². The first-order valence-corrected chi connectivity index (χ1v) is 6.91. The molecule has 2 aromatic rings. The summed E-state index contributed by atoms with van der Waals surface area (Å²) in [5.74, 6) is -0.717. The van der Waals surface area contributed by atoms with Crippen LogP contribution in [0.2, 0.25) is 0 Å². The zero-order chi connectivity index (χ0) is 17.5. The number of hydrazone groups is 1. The van der Waals surface area contributed by atoms with Crippen LogP contribution in [-0.4, -0.2) is 23.0 Å². The van der Waals surface area contributed by atoms with E-state index in [0.717, 1.165) is 0 Å². The second-order valence-corrected chi connectivity index (χ2v) is 4.81. The molecule has 0 heterocycles. The van der Waals surface area contributed by atoms with Crippen LogP contribution in [0.25, 0.3) is 0 Å². The number of amides is 2. The molecule has 0 aliphatic heterocycles. The van der Waals surface area contributed by atoms with Gasteiger partial charge < -0.3 is 5.32 Å². The van der Waals surface area contributed by atoms with Gasteiger partial charge in [-0.15, -0.1) is 0 Å². The van der Waals surface area contributed by atoms with Crippen molar-refractivity contribution in [2.45, 2.75) is 6.92 Å². The number of rotatable bonds is 5. The second kappa shape index (κ2) is 7.63. The summed E-state index contributed by atoms with van der Waals surface area (Å²) in [7, 11) is 0. The minimum absolute atomic E-state index is 0.141. The molecule has 2 aromatic carbocycles. The van der Waals surface area contributed by atoms with Gasteiger partial charge in [-0.25, -0.2) is 5.43 Å². The van der Waals surface area contributed by atoms with E-state index in [1.165, 1.54) is 37.4 Å². The minimum Gasteiger partial charge on any atom is -0.326 e. The fourth-order valence-electron chi connectivity index (χ4n) is 1.85. The highest BCUT2D eigenvalue weighted by Gasteiger charge is 2.10. The number of hydrogen-bond donors (Lipinski definition) is 2. The van der Waals surface area contributed by atoms with Crippen LogP contribution in [0.15, 0.2) is 53.6 Å². The molecule has 8 nitrogen and oxygen atoms in total. The molecule has 122 valence electrons. The molecular formula is C16H14N4O4. The number of non-ortho nitro benzene ring substituents is 1. The Morgan fingerprint density at radius 1 is 1.17 bits per heavy atom. The van der Waals surface area contributed by atoms with Crippen LogP contribution >= 0.6 is 0 Å². The smallest absolute Gasteiger partial charge is 0.271 e. The lowest BCUT2D eigenvalue weighted by Gasteiger charge is -2.02. The van der Waals surface area contributed by atoms with Gasteiger partial charge in [0.1, 0.15) is 0 Å². The quantitative estimate of drug-likeness (QED) is 0.498. The van der Waals surface area contributed by atoms with Gasteiger partial charge in [-0.3, -0.25) is 19.7 Å². The molecule has 0 aliphatic rings. The third-order valence-electron chi connectivity index (χ3n) is 2.93. The second-order valence-electron chi connectivity index (χ2n) is 4.81. The minimum atomic E-state index is -0.573. The maximum Gasteiger partial charge on any atom is 0.271 e. The number of carbonyl (C=O) groups excluding carboxylic acids is 2. The van der Waals surface area contributed by atoms with Crippen molar-refractivity contribution in [3.05, 3.63) is 69.8 Å². The number of hydrogen-bond acceptors (Lipinski definition) is 5. The highest BCUT2D eigenvalue weighted by molar-refractivity contribution is 5.95. The van der Waals surface area contributed by atoms with Gasteiger partial charge in [0.15, 0.2) is 0 Å². The number of anilines is 1. The lowest BCUT2D eigenvalue weighted by atomic mass is 10.2. The first-order valence-electron chi connectivity index (χ1n) is 6.91. The standard InChI is InChI=1S/C16H14N4O4/c1-11(21)18-14-7-5-12(6-8-14)10-17-19-16(22)13-3-2-4-15(9-13)20(23)24/h2-10H,1H3,(H,18,21)(H,19,22)/b17-10+. The molecule has 0 unspecified atom stereocenters. The molecule has 8 heteroatoms. The van der Waals surface area contributed by atoms with Gasteiger partial charge in [-0.2, -0.15) is 5.10 Å². The van der Waals surface area contributed by atoms with Crippen molar-refractivity contribution >= 4 is 29.4 Å². The topological polar surface area (TPSA) is 114 Å². The number of nitrogens with one attached hydrogen (secondary N) is 2. The van der Waals surface area contributed by atoms with Crippen molar-refractivity contribution in [3.63, 3.8) is 0 Å². The molecule has 0 spiro atoms. The summed E-state index contributed by atoms with van der Waals surface area (Å²) in [5.41, 5.74) is 3.64. The highest BCUT2D eigenvalue weighted by Crippen LogP contribution is 2.13. The molecule has 0 fully saturated rings. The van der Waals surface area contributed by atoms with Crippen molar-refractivity contribution in [2.24, 2.45) is 5.10 Å². The van der Waals surface area contributed by atoms with Gasteiger partial charge in [0, 0.05) is 30.3 Å². The third kappa shape index (κ3) is 4.73. The molecule has 0 aromatic heterocycles. The summed E-state index contributed by atoms with van der Waals surface area (Å²) in [4.78, 5) is 32.9. The molecule has 2 amide bonds. The largest absolute Gasteiger partial charge is 0.326 e. The summed E-state index contributed by atoms with van der Waals surface area (Å²) >= 11 is 0. The van der Waals surface area contributed by atoms with Gasteiger partial charge in [0.2, 0.25) is 5.91 Å². The van der Waals surface area contributed by atoms with E-state index >= 15 is 0 Å². The summed E-state index contributed by atoms with van der Waals surface area (Å²) in [6, 6.07) is 12.2. The lowest BCUT2D eigenvalue weighted by Crippen LogP contribution is -2.17. The normalized spacial score (nSPS) is 10.4. The van der Waals surface area contributed by atoms with Gasteiger partial charge in [0.05, 0.1) is 11.1 Å². The van der Waals surface area contributed by atoms with Crippen molar-refractivity contribution in [1.82, 2.24) is 5.43 Å². The van der Waals surface area contributed by atoms with E-state index in [-0.39, 0.29) is 17.2 Å². The van der Waals surface area contributed by atoms with Gasteiger partial charge in [-0.1, -0.05) is 18.2 Å². The van der Waals surface area contributed by atoms with E-state index in [1.807, 2.05) is 0 Å². The molecule has 0 saturated carbocycles. The van der Waals surface area contributed by atoms with E-state index in [0.29, 0.717) is 11.3 Å². The third-order valence-corrected chi connectivity index (χ3v) is 2.93. The van der Waals surface area contributed by atoms with Crippen LogP contribution < -0.4 is 10.7 Å². The maximum absolute atomic E-state index is 11.9. The van der Waals surface area contributed by atoms with Crippen LogP contribution in [-0.2, 0) is 4.79 Å². The van der Waals surface area contributed by atoms with E-state index < -0.39 is 10.8 Å². The van der Waals surface area contributed by atoms with Crippen molar-refractivity contribution in [2.75, 3.05) is 5.32 Å². The van der Waals surface area contributed by atoms with Crippen LogP contribution in [0, 0.1) is 10.1 Å². The fourth-order valence-corrected chi connectivity index (χ4v) is 1.85. The Labute approximate surface area is 137 Å². The predicted octanol–water partition coefficient (Wildman–Crippen LogP) is 2.32. The molecule has 0 radical (unpaired) electrons. The number of nitro groups is 1. The number of benzene rings is 2. The Kier molecular flexibility index (Phi) is 5.35. The first kappa shape index (κ1) is 16.8. The summed E-state index contributed by atoms with van der Waals surface area (Å²) in [6.45, 7) is 1.42. The Morgan fingerprint density at radius 2 is 1.88 bits per heavy atom. The van der Waals surface area contributed by atoms with Gasteiger partial charge >= 0.3 is 0 Å². The fraction of sp³-hybridized carbons (Fsp3) is 0.0625. The van der Waals surface area contributed by atoms with Crippen molar-refractivity contribution in [1.29, 1.82) is 0 Å². The van der Waals surface area contributed by atoms with Gasteiger partial charge in [-0.05, 0) is 23.8 Å². The molecule has 2 N–H and O–H groups in total. The van der Waals surface area contributed by atoms with E-state index in [1.54, 1.807) is 24.3 Å². The predicted molar refractivity (Wildman–Crippen MR) is 88.9 cm³/mol. The zero-order valence-corrected chi connectivity index (χ0v) is 12.7. The van der Waals surface area contributed by atoms with Crippen LogP contribution in [0.3, 0.4) is 0 Å². The monoisotopic (exact) mass is 326 g/mol. The molecular weight excluding hydrogens is 312 g/mol. The van der Waals surface area contributed by atoms with Gasteiger partial charge in [0.25, 0.3) is 11.6 Å². The number of nitro benzene ring substituents is 1. The number of nitrogens with zero attached hydrogens (tertiary/aromatic N) is 2. The molecule has 0 saturated heterocycles. The Bertz CT molecular complexity index is 800. The molecule has 2 rings (SSSR count). The maximum atomic E-state index is 11.9. The van der Waals surface area contributed by atoms with E-state index in [4.69, 9.17) is 0 Å². The van der Waals surface area contributed by atoms with Crippen molar-refractivity contribution in [3.8, 4) is 0 Å². The molecule has 0 atom stereocenters. The van der Waals surface area contributed by atoms with E-state index in [9.17, 15) is 19.7 Å². The zero-order valence-electron chi connectivity index (χ0n) is 12.7. The molecule has 0 bridgehead atoms. The average Bonchev–Trinajstić information content (AvgIpc) is 2.56.